The van der Waals surface area contributed by atoms with E-state index in [0.29, 0.717) is 4.90 Å². The van der Waals surface area contributed by atoms with Gasteiger partial charge in [-0.05, 0) is 43.6 Å². The number of methoxy groups -OCH3 is 1. The van der Waals surface area contributed by atoms with Crippen LogP contribution in [0.2, 0.25) is 0 Å². The van der Waals surface area contributed by atoms with Crippen LogP contribution in [0.25, 0.3) is 0 Å². The van der Waals surface area contributed by atoms with E-state index >= 15 is 0 Å². The fourth-order valence-electron chi connectivity index (χ4n) is 2.56. The van der Waals surface area contributed by atoms with E-state index in [9.17, 15) is 8.42 Å². The number of benzene rings is 1. The Hall–Kier alpha value is -0.910. The first-order chi connectivity index (χ1) is 8.95. The lowest BCUT2D eigenvalue weighted by Crippen LogP contribution is -2.44. The van der Waals surface area contributed by atoms with Crippen molar-refractivity contribution in [1.29, 1.82) is 0 Å². The fourth-order valence-corrected chi connectivity index (χ4v) is 3.19. The van der Waals surface area contributed by atoms with Gasteiger partial charge in [0.05, 0.1) is 10.5 Å². The van der Waals surface area contributed by atoms with Crippen molar-refractivity contribution in [2.75, 3.05) is 26.5 Å². The molecule has 0 amide bonds. The second-order valence-electron chi connectivity index (χ2n) is 5.23. The molecular formula is C14H21NO3S. The highest BCUT2D eigenvalue weighted by molar-refractivity contribution is 7.90. The molecule has 0 aromatic heterocycles. The first kappa shape index (κ1) is 14.5. The summed E-state index contributed by atoms with van der Waals surface area (Å²) in [4.78, 5) is 0.369. The molecule has 106 valence electrons. The lowest BCUT2D eigenvalue weighted by atomic mass is 9.86. The molecule has 1 aromatic carbocycles. The van der Waals surface area contributed by atoms with Crippen molar-refractivity contribution in [1.82, 2.24) is 5.32 Å². The van der Waals surface area contributed by atoms with Crippen LogP contribution in [0, 0.1) is 0 Å². The standard InChI is InChI=1S/C14H21NO3S/c1-18-14(7-9-15-10-8-14)11-12-3-5-13(6-4-12)19(2,16)17/h3-6,15H,7-11H2,1-2H3. The molecule has 0 radical (unpaired) electrons. The van der Waals surface area contributed by atoms with Gasteiger partial charge in [0.1, 0.15) is 0 Å². The van der Waals surface area contributed by atoms with E-state index in [1.807, 2.05) is 12.1 Å². The topological polar surface area (TPSA) is 55.4 Å². The Morgan fingerprint density at radius 1 is 1.21 bits per heavy atom. The number of rotatable bonds is 4. The van der Waals surface area contributed by atoms with E-state index in [-0.39, 0.29) is 5.60 Å². The molecule has 0 atom stereocenters. The molecule has 1 saturated heterocycles. The summed E-state index contributed by atoms with van der Waals surface area (Å²) in [7, 11) is -1.35. The van der Waals surface area contributed by atoms with E-state index in [0.717, 1.165) is 37.9 Å². The Morgan fingerprint density at radius 2 is 1.79 bits per heavy atom. The number of nitrogens with one attached hydrogen (secondary N) is 1. The van der Waals surface area contributed by atoms with Crippen LogP contribution in [0.5, 0.6) is 0 Å². The van der Waals surface area contributed by atoms with Crippen molar-refractivity contribution < 1.29 is 13.2 Å². The van der Waals surface area contributed by atoms with Gasteiger partial charge < -0.3 is 10.1 Å². The average Bonchev–Trinajstić information content (AvgIpc) is 2.39. The maximum absolute atomic E-state index is 11.4. The monoisotopic (exact) mass is 283 g/mol. The summed E-state index contributed by atoms with van der Waals surface area (Å²) in [5, 5.41) is 3.33. The van der Waals surface area contributed by atoms with Gasteiger partial charge in [-0.2, -0.15) is 0 Å². The van der Waals surface area contributed by atoms with Crippen LogP contribution in [0.3, 0.4) is 0 Å². The Labute approximate surface area is 115 Å². The van der Waals surface area contributed by atoms with Gasteiger partial charge in [-0.15, -0.1) is 0 Å². The highest BCUT2D eigenvalue weighted by atomic mass is 32.2. The third-order valence-electron chi connectivity index (χ3n) is 3.83. The van der Waals surface area contributed by atoms with Gasteiger partial charge in [-0.1, -0.05) is 12.1 Å². The molecule has 1 aliphatic heterocycles. The smallest absolute Gasteiger partial charge is 0.175 e. The summed E-state index contributed by atoms with van der Waals surface area (Å²) in [6.07, 6.45) is 4.02. The van der Waals surface area contributed by atoms with Crippen LogP contribution in [0.1, 0.15) is 18.4 Å². The Bertz CT molecular complexity index is 516. The zero-order valence-electron chi connectivity index (χ0n) is 11.5. The predicted molar refractivity (Wildman–Crippen MR) is 75.1 cm³/mol. The van der Waals surface area contributed by atoms with Crippen molar-refractivity contribution in [2.24, 2.45) is 0 Å². The number of sulfone groups is 1. The van der Waals surface area contributed by atoms with Gasteiger partial charge >= 0.3 is 0 Å². The molecule has 19 heavy (non-hydrogen) atoms. The molecule has 0 bridgehead atoms. The Balaban J connectivity index is 2.14. The molecule has 1 aliphatic rings. The third kappa shape index (κ3) is 3.55. The summed E-state index contributed by atoms with van der Waals surface area (Å²) < 4.78 is 28.6. The van der Waals surface area contributed by atoms with Gasteiger partial charge in [-0.25, -0.2) is 8.42 Å². The van der Waals surface area contributed by atoms with Crippen molar-refractivity contribution >= 4 is 9.84 Å². The quantitative estimate of drug-likeness (QED) is 0.907. The number of ether oxygens (including phenoxy) is 1. The summed E-state index contributed by atoms with van der Waals surface area (Å²) >= 11 is 0. The van der Waals surface area contributed by atoms with E-state index in [1.54, 1.807) is 19.2 Å². The molecule has 1 fully saturated rings. The van der Waals surface area contributed by atoms with Gasteiger partial charge in [0.15, 0.2) is 9.84 Å². The zero-order valence-corrected chi connectivity index (χ0v) is 12.3. The Kier molecular flexibility index (Phi) is 4.28. The van der Waals surface area contributed by atoms with Crippen molar-refractivity contribution in [3.63, 3.8) is 0 Å². The van der Waals surface area contributed by atoms with Crippen LogP contribution in [0.4, 0.5) is 0 Å². The molecule has 1 aromatic rings. The van der Waals surface area contributed by atoms with Gasteiger partial charge in [0, 0.05) is 19.8 Å². The summed E-state index contributed by atoms with van der Waals surface area (Å²) in [6.45, 7) is 1.94. The number of hydrogen-bond acceptors (Lipinski definition) is 4. The van der Waals surface area contributed by atoms with E-state index in [1.165, 1.54) is 6.26 Å². The van der Waals surface area contributed by atoms with Crippen molar-refractivity contribution in [2.45, 2.75) is 29.8 Å². The van der Waals surface area contributed by atoms with Gasteiger partial charge in [0.25, 0.3) is 0 Å². The average molecular weight is 283 g/mol. The van der Waals surface area contributed by atoms with Crippen molar-refractivity contribution in [3.05, 3.63) is 29.8 Å². The minimum absolute atomic E-state index is 0.113. The van der Waals surface area contributed by atoms with Crippen LogP contribution >= 0.6 is 0 Å². The molecule has 1 heterocycles. The van der Waals surface area contributed by atoms with E-state index in [4.69, 9.17) is 4.74 Å². The lowest BCUT2D eigenvalue weighted by molar-refractivity contribution is -0.0333. The minimum atomic E-state index is -3.11. The SMILES string of the molecule is COC1(Cc2ccc(S(C)(=O)=O)cc2)CCNCC1. The molecular weight excluding hydrogens is 262 g/mol. The number of piperidine rings is 1. The fraction of sp³-hybridized carbons (Fsp3) is 0.571. The Morgan fingerprint density at radius 3 is 2.26 bits per heavy atom. The summed E-state index contributed by atoms with van der Waals surface area (Å²) in [5.74, 6) is 0. The van der Waals surface area contributed by atoms with Gasteiger partial charge in [0.2, 0.25) is 0 Å². The first-order valence-corrected chi connectivity index (χ1v) is 8.39. The first-order valence-electron chi connectivity index (χ1n) is 6.50. The van der Waals surface area contributed by atoms with E-state index in [2.05, 4.69) is 5.32 Å². The highest BCUT2D eigenvalue weighted by Gasteiger charge is 2.31. The van der Waals surface area contributed by atoms with Crippen LogP contribution in [0.15, 0.2) is 29.2 Å². The lowest BCUT2D eigenvalue weighted by Gasteiger charge is -2.36. The van der Waals surface area contributed by atoms with Crippen LogP contribution < -0.4 is 5.32 Å². The zero-order chi connectivity index (χ0) is 13.9. The predicted octanol–water partition coefficient (Wildman–Crippen LogP) is 1.40. The van der Waals surface area contributed by atoms with Crippen molar-refractivity contribution in [3.8, 4) is 0 Å². The maximum atomic E-state index is 11.4. The normalized spacial score (nSPS) is 19.3. The molecule has 4 nitrogen and oxygen atoms in total. The highest BCUT2D eigenvalue weighted by Crippen LogP contribution is 2.27. The largest absolute Gasteiger partial charge is 0.378 e. The van der Waals surface area contributed by atoms with Crippen LogP contribution in [-0.4, -0.2) is 40.5 Å². The van der Waals surface area contributed by atoms with E-state index < -0.39 is 9.84 Å². The molecule has 0 aliphatic carbocycles. The second-order valence-corrected chi connectivity index (χ2v) is 7.25. The van der Waals surface area contributed by atoms with Crippen LogP contribution in [-0.2, 0) is 21.0 Å². The molecule has 0 saturated carbocycles. The molecule has 0 spiro atoms. The molecule has 5 heteroatoms. The summed E-state index contributed by atoms with van der Waals surface area (Å²) in [5.41, 5.74) is 1.01. The summed E-state index contributed by atoms with van der Waals surface area (Å²) in [6, 6.07) is 7.13. The van der Waals surface area contributed by atoms with Gasteiger partial charge in [-0.3, -0.25) is 0 Å². The third-order valence-corrected chi connectivity index (χ3v) is 4.95. The molecule has 2 rings (SSSR count). The number of hydrogen-bond donors (Lipinski definition) is 1. The minimum Gasteiger partial charge on any atom is -0.378 e. The maximum Gasteiger partial charge on any atom is 0.175 e. The molecule has 0 unspecified atom stereocenters. The molecule has 1 N–H and O–H groups in total. The second kappa shape index (κ2) is 5.61.